The smallest absolute Gasteiger partial charge is 0.227 e. The average molecular weight is 351 g/mol. The van der Waals surface area contributed by atoms with Crippen LogP contribution in [0.5, 0.6) is 0 Å². The van der Waals surface area contributed by atoms with Crippen LogP contribution in [0.25, 0.3) is 0 Å². The van der Waals surface area contributed by atoms with Gasteiger partial charge < -0.3 is 14.9 Å². The van der Waals surface area contributed by atoms with E-state index in [-0.39, 0.29) is 18.5 Å². The molecule has 0 aromatic heterocycles. The number of benzene rings is 1. The summed E-state index contributed by atoms with van der Waals surface area (Å²) in [7, 11) is 1.77. The monoisotopic (exact) mass is 350 g/mol. The predicted molar refractivity (Wildman–Crippen MR) is 86.0 cm³/mol. The molecular weight excluding hydrogens is 332 g/mol. The quantitative estimate of drug-likeness (QED) is 0.833. The summed E-state index contributed by atoms with van der Waals surface area (Å²) in [6, 6.07) is 5.85. The summed E-state index contributed by atoms with van der Waals surface area (Å²) in [5, 5.41) is 11.1. The number of rotatable bonds is 2. The fourth-order valence-corrected chi connectivity index (χ4v) is 3.67. The average Bonchev–Trinajstić information content (AvgIpc) is 2.76. The third-order valence-electron chi connectivity index (χ3n) is 4.34. The van der Waals surface area contributed by atoms with Gasteiger partial charge in [-0.3, -0.25) is 4.79 Å². The van der Waals surface area contributed by atoms with Gasteiger partial charge in [0.05, 0.1) is 6.42 Å². The molecule has 2 heterocycles. The zero-order chi connectivity index (χ0) is 15.4. The van der Waals surface area contributed by atoms with Crippen molar-refractivity contribution in [2.45, 2.75) is 32.0 Å². The number of likely N-dealkylation sites (N-methyl/N-ethyl adjacent to an activating group) is 1. The summed E-state index contributed by atoms with van der Waals surface area (Å²) in [6.07, 6.45) is 1.94. The highest BCUT2D eigenvalue weighted by atomic mass is 79.9. The molecule has 0 bridgehead atoms. The number of allylic oxidation sites excluding steroid dienone is 1. The summed E-state index contributed by atoms with van der Waals surface area (Å²) in [6.45, 7) is 4.78. The Morgan fingerprint density at radius 2 is 2.24 bits per heavy atom. The first-order valence-electron chi connectivity index (χ1n) is 7.02. The maximum Gasteiger partial charge on any atom is 0.227 e. The Morgan fingerprint density at radius 1 is 1.52 bits per heavy atom. The van der Waals surface area contributed by atoms with Crippen LogP contribution in [-0.4, -0.2) is 35.7 Å². The second-order valence-electron chi connectivity index (χ2n) is 6.07. The van der Waals surface area contributed by atoms with Crippen molar-refractivity contribution in [1.29, 1.82) is 0 Å². The van der Waals surface area contributed by atoms with Gasteiger partial charge >= 0.3 is 0 Å². The highest BCUT2D eigenvalue weighted by Gasteiger charge is 2.58. The highest BCUT2D eigenvalue weighted by molar-refractivity contribution is 9.10. The van der Waals surface area contributed by atoms with Crippen LogP contribution in [0.1, 0.15) is 25.8 Å². The van der Waals surface area contributed by atoms with Gasteiger partial charge in [0.1, 0.15) is 11.8 Å². The minimum atomic E-state index is -1.11. The topological polar surface area (TPSA) is 43.8 Å². The summed E-state index contributed by atoms with van der Waals surface area (Å²) >= 11 is 3.49. The molecular formula is C16H19BrN2O2. The molecule has 2 aliphatic rings. The van der Waals surface area contributed by atoms with Gasteiger partial charge in [-0.1, -0.05) is 33.6 Å². The van der Waals surface area contributed by atoms with Gasteiger partial charge in [-0.15, -0.1) is 0 Å². The van der Waals surface area contributed by atoms with Gasteiger partial charge in [0.25, 0.3) is 0 Å². The molecule has 1 aromatic rings. The van der Waals surface area contributed by atoms with Gasteiger partial charge in [0.15, 0.2) is 0 Å². The minimum Gasteiger partial charge on any atom is -0.380 e. The molecule has 1 fully saturated rings. The lowest BCUT2D eigenvalue weighted by Crippen LogP contribution is -2.49. The third-order valence-corrected chi connectivity index (χ3v) is 4.83. The zero-order valence-corrected chi connectivity index (χ0v) is 14.0. The summed E-state index contributed by atoms with van der Waals surface area (Å²) in [5.74, 6) is -0.0155. The van der Waals surface area contributed by atoms with Crippen LogP contribution in [0.2, 0.25) is 0 Å². The van der Waals surface area contributed by atoms with E-state index in [2.05, 4.69) is 26.9 Å². The second-order valence-corrected chi connectivity index (χ2v) is 6.99. The number of hydrogen-bond acceptors (Lipinski definition) is 3. The SMILES string of the molecule is CC(C)=CCN1c2cc(Br)ccc2[C@]2(O)CC(=O)N(C)[C@H]12. The number of amides is 1. The maximum absolute atomic E-state index is 12.1. The molecule has 1 saturated heterocycles. The number of halogens is 1. The number of fused-ring (bicyclic) bond motifs is 3. The largest absolute Gasteiger partial charge is 0.380 e. The number of hydrogen-bond donors (Lipinski definition) is 1. The zero-order valence-electron chi connectivity index (χ0n) is 12.4. The third kappa shape index (κ3) is 2.10. The first-order chi connectivity index (χ1) is 9.84. The molecule has 0 radical (unpaired) electrons. The van der Waals surface area contributed by atoms with E-state index in [1.54, 1.807) is 11.9 Å². The van der Waals surface area contributed by atoms with Crippen LogP contribution in [-0.2, 0) is 10.4 Å². The lowest BCUT2D eigenvalue weighted by atomic mass is 9.93. The van der Waals surface area contributed by atoms with E-state index >= 15 is 0 Å². The van der Waals surface area contributed by atoms with E-state index in [0.717, 1.165) is 15.7 Å². The van der Waals surface area contributed by atoms with E-state index in [4.69, 9.17) is 0 Å². The van der Waals surface area contributed by atoms with Crippen molar-refractivity contribution in [2.24, 2.45) is 0 Å². The van der Waals surface area contributed by atoms with Crippen molar-refractivity contribution in [3.05, 3.63) is 39.9 Å². The molecule has 0 spiro atoms. The maximum atomic E-state index is 12.1. The Hall–Kier alpha value is -1.33. The Balaban J connectivity index is 2.12. The molecule has 2 aliphatic heterocycles. The molecule has 1 N–H and O–H groups in total. The molecule has 3 rings (SSSR count). The molecule has 112 valence electrons. The first kappa shape index (κ1) is 14.6. The van der Waals surface area contributed by atoms with Crippen LogP contribution in [0.15, 0.2) is 34.3 Å². The molecule has 1 amide bonds. The van der Waals surface area contributed by atoms with Gasteiger partial charge in [-0.05, 0) is 26.0 Å². The Labute approximate surface area is 133 Å². The molecule has 0 saturated carbocycles. The Kier molecular flexibility index (Phi) is 3.37. The fraction of sp³-hybridized carbons (Fsp3) is 0.438. The number of nitrogens with zero attached hydrogens (tertiary/aromatic N) is 2. The van der Waals surface area contributed by atoms with E-state index in [1.807, 2.05) is 32.0 Å². The lowest BCUT2D eigenvalue weighted by molar-refractivity contribution is -0.127. The number of carbonyl (C=O) groups is 1. The summed E-state index contributed by atoms with van der Waals surface area (Å²) in [5.41, 5.74) is 1.94. The second kappa shape index (κ2) is 4.85. The first-order valence-corrected chi connectivity index (χ1v) is 7.82. The standard InChI is InChI=1S/C16H19BrN2O2/c1-10(2)6-7-19-13-8-11(17)4-5-12(13)16(21)9-14(20)18(3)15(16)19/h4-6,8,15,21H,7,9H2,1-3H3/t15-,16-/m1/s1. The van der Waals surface area contributed by atoms with E-state index < -0.39 is 5.60 Å². The van der Waals surface area contributed by atoms with Crippen LogP contribution >= 0.6 is 15.9 Å². The molecule has 1 aromatic carbocycles. The van der Waals surface area contributed by atoms with Crippen molar-refractivity contribution < 1.29 is 9.90 Å². The fourth-order valence-electron chi connectivity index (χ4n) is 3.32. The molecule has 21 heavy (non-hydrogen) atoms. The number of likely N-dealkylation sites (tertiary alicyclic amines) is 1. The van der Waals surface area contributed by atoms with Gasteiger partial charge in [-0.2, -0.15) is 0 Å². The van der Waals surface area contributed by atoms with E-state index in [9.17, 15) is 9.90 Å². The van der Waals surface area contributed by atoms with Crippen molar-refractivity contribution in [3.8, 4) is 0 Å². The molecule has 0 aliphatic carbocycles. The number of anilines is 1. The van der Waals surface area contributed by atoms with Gasteiger partial charge in [0.2, 0.25) is 5.91 Å². The van der Waals surface area contributed by atoms with Crippen LogP contribution in [0.3, 0.4) is 0 Å². The van der Waals surface area contributed by atoms with Crippen LogP contribution in [0, 0.1) is 0 Å². The summed E-state index contributed by atoms with van der Waals surface area (Å²) < 4.78 is 0.973. The predicted octanol–water partition coefficient (Wildman–Crippen LogP) is 2.61. The van der Waals surface area contributed by atoms with Gasteiger partial charge in [-0.25, -0.2) is 0 Å². The Bertz CT molecular complexity index is 639. The van der Waals surface area contributed by atoms with Crippen molar-refractivity contribution >= 4 is 27.5 Å². The van der Waals surface area contributed by atoms with Crippen LogP contribution < -0.4 is 4.90 Å². The Morgan fingerprint density at radius 3 is 2.90 bits per heavy atom. The van der Waals surface area contributed by atoms with E-state index in [1.165, 1.54) is 5.57 Å². The highest BCUT2D eigenvalue weighted by Crippen LogP contribution is 2.51. The van der Waals surface area contributed by atoms with E-state index in [0.29, 0.717) is 6.54 Å². The molecule has 2 atom stereocenters. The molecule has 0 unspecified atom stereocenters. The van der Waals surface area contributed by atoms with Crippen molar-refractivity contribution in [3.63, 3.8) is 0 Å². The molecule has 4 nitrogen and oxygen atoms in total. The minimum absolute atomic E-state index is 0.0155. The van der Waals surface area contributed by atoms with Crippen molar-refractivity contribution in [2.75, 3.05) is 18.5 Å². The van der Waals surface area contributed by atoms with Crippen molar-refractivity contribution in [1.82, 2.24) is 4.90 Å². The normalized spacial score (nSPS) is 26.9. The van der Waals surface area contributed by atoms with Crippen LogP contribution in [0.4, 0.5) is 5.69 Å². The lowest BCUT2D eigenvalue weighted by Gasteiger charge is -2.33. The molecule has 5 heteroatoms. The number of carbonyl (C=O) groups excluding carboxylic acids is 1. The summed E-state index contributed by atoms with van der Waals surface area (Å²) in [4.78, 5) is 15.8. The van der Waals surface area contributed by atoms with Gasteiger partial charge in [0, 0.05) is 29.3 Å². The number of aliphatic hydroxyl groups is 1.